The number of H-pyrrole nitrogens is 1. The molecule has 0 aliphatic rings. The van der Waals surface area contributed by atoms with Crippen molar-refractivity contribution >= 4 is 22.9 Å². The second kappa shape index (κ2) is 3.32. The third-order valence-electron chi connectivity index (χ3n) is 1.55. The van der Waals surface area contributed by atoms with Gasteiger partial charge >= 0.3 is 5.69 Å². The third-order valence-corrected chi connectivity index (χ3v) is 2.75. The molecule has 2 heterocycles. The van der Waals surface area contributed by atoms with Crippen LogP contribution in [0.2, 0.25) is 5.15 Å². The van der Waals surface area contributed by atoms with E-state index in [1.807, 2.05) is 17.5 Å². The highest BCUT2D eigenvalue weighted by molar-refractivity contribution is 7.13. The van der Waals surface area contributed by atoms with E-state index in [9.17, 15) is 4.79 Å². The number of thiophene rings is 1. The van der Waals surface area contributed by atoms with Crippen LogP contribution in [0.4, 0.5) is 0 Å². The van der Waals surface area contributed by atoms with Crippen LogP contribution in [0.15, 0.2) is 28.5 Å². The summed E-state index contributed by atoms with van der Waals surface area (Å²) in [5.74, 6) is 0. The monoisotopic (exact) mass is 212 g/mol. The predicted molar refractivity (Wildman–Crippen MR) is 53.2 cm³/mol. The van der Waals surface area contributed by atoms with E-state index in [1.165, 1.54) is 6.20 Å². The van der Waals surface area contributed by atoms with Crippen molar-refractivity contribution in [1.82, 2.24) is 9.97 Å². The van der Waals surface area contributed by atoms with Crippen LogP contribution in [-0.4, -0.2) is 9.97 Å². The second-order valence-corrected chi connectivity index (χ2v) is 3.72. The van der Waals surface area contributed by atoms with Gasteiger partial charge in [-0.15, -0.1) is 11.3 Å². The molecule has 0 unspecified atom stereocenters. The van der Waals surface area contributed by atoms with Crippen molar-refractivity contribution in [3.63, 3.8) is 0 Å². The van der Waals surface area contributed by atoms with E-state index in [-0.39, 0.29) is 0 Å². The largest absolute Gasteiger partial charge is 0.346 e. The quantitative estimate of drug-likeness (QED) is 0.737. The maximum atomic E-state index is 10.8. The van der Waals surface area contributed by atoms with E-state index in [1.54, 1.807) is 11.3 Å². The predicted octanol–water partition coefficient (Wildman–Crippen LogP) is 2.15. The SMILES string of the molecule is O=c1ncc(-c2cccs2)c(Cl)[nH]1. The molecule has 66 valence electrons. The molecule has 0 fully saturated rings. The van der Waals surface area contributed by atoms with Crippen molar-refractivity contribution in [1.29, 1.82) is 0 Å². The Bertz CT molecular complexity index is 463. The van der Waals surface area contributed by atoms with E-state index in [0.717, 1.165) is 10.4 Å². The lowest BCUT2D eigenvalue weighted by Crippen LogP contribution is -2.09. The summed E-state index contributed by atoms with van der Waals surface area (Å²) in [4.78, 5) is 17.8. The Kier molecular flexibility index (Phi) is 2.16. The molecule has 0 spiro atoms. The molecule has 0 saturated heterocycles. The Labute approximate surface area is 83.0 Å². The first-order valence-electron chi connectivity index (χ1n) is 3.56. The Hall–Kier alpha value is -1.13. The van der Waals surface area contributed by atoms with Crippen molar-refractivity contribution in [2.75, 3.05) is 0 Å². The van der Waals surface area contributed by atoms with Crippen LogP contribution >= 0.6 is 22.9 Å². The fraction of sp³-hybridized carbons (Fsp3) is 0. The summed E-state index contributed by atoms with van der Waals surface area (Å²) in [7, 11) is 0. The average Bonchev–Trinajstić information content (AvgIpc) is 2.56. The Morgan fingerprint density at radius 3 is 3.00 bits per heavy atom. The molecular formula is C8H5ClN2OS. The van der Waals surface area contributed by atoms with Gasteiger partial charge in [-0.25, -0.2) is 9.78 Å². The maximum Gasteiger partial charge on any atom is 0.346 e. The standard InChI is InChI=1S/C8H5ClN2OS/c9-7-5(4-10-8(12)11-7)6-2-1-3-13-6/h1-4H,(H,10,11,12). The van der Waals surface area contributed by atoms with Crippen LogP contribution in [0.3, 0.4) is 0 Å². The normalized spacial score (nSPS) is 10.2. The molecule has 0 aromatic carbocycles. The number of hydrogen-bond acceptors (Lipinski definition) is 3. The van der Waals surface area contributed by atoms with Crippen LogP contribution in [-0.2, 0) is 0 Å². The molecule has 13 heavy (non-hydrogen) atoms. The summed E-state index contributed by atoms with van der Waals surface area (Å²) in [5.41, 5.74) is 0.335. The zero-order chi connectivity index (χ0) is 9.26. The summed E-state index contributed by atoms with van der Waals surface area (Å²) in [6, 6.07) is 3.84. The van der Waals surface area contributed by atoms with Crippen LogP contribution in [0, 0.1) is 0 Å². The van der Waals surface area contributed by atoms with Gasteiger partial charge < -0.3 is 0 Å². The topological polar surface area (TPSA) is 45.8 Å². The molecule has 0 atom stereocenters. The lowest BCUT2D eigenvalue weighted by atomic mass is 10.3. The van der Waals surface area contributed by atoms with Gasteiger partial charge in [0.1, 0.15) is 5.15 Å². The molecule has 0 aliphatic carbocycles. The Morgan fingerprint density at radius 1 is 1.54 bits per heavy atom. The highest BCUT2D eigenvalue weighted by Crippen LogP contribution is 2.27. The van der Waals surface area contributed by atoms with E-state index in [0.29, 0.717) is 5.15 Å². The highest BCUT2D eigenvalue weighted by Gasteiger charge is 2.04. The number of halogens is 1. The minimum absolute atomic E-state index is 0.336. The first kappa shape index (κ1) is 8.47. The van der Waals surface area contributed by atoms with Gasteiger partial charge in [0.15, 0.2) is 0 Å². The molecule has 0 aliphatic heterocycles. The number of hydrogen-bond donors (Lipinski definition) is 1. The molecular weight excluding hydrogens is 208 g/mol. The number of rotatable bonds is 1. The molecule has 0 amide bonds. The average molecular weight is 213 g/mol. The lowest BCUT2D eigenvalue weighted by Gasteiger charge is -1.97. The lowest BCUT2D eigenvalue weighted by molar-refractivity contribution is 1.08. The molecule has 2 aromatic heterocycles. The van der Waals surface area contributed by atoms with Crippen molar-refractivity contribution in [3.05, 3.63) is 39.3 Å². The fourth-order valence-electron chi connectivity index (χ4n) is 0.977. The number of nitrogens with one attached hydrogen (secondary N) is 1. The minimum Gasteiger partial charge on any atom is -0.296 e. The van der Waals surface area contributed by atoms with Gasteiger partial charge in [0, 0.05) is 16.6 Å². The van der Waals surface area contributed by atoms with Crippen LogP contribution in [0.25, 0.3) is 10.4 Å². The van der Waals surface area contributed by atoms with E-state index in [2.05, 4.69) is 9.97 Å². The second-order valence-electron chi connectivity index (χ2n) is 2.39. The van der Waals surface area contributed by atoms with Crippen LogP contribution in [0.5, 0.6) is 0 Å². The third kappa shape index (κ3) is 1.64. The molecule has 0 bridgehead atoms. The first-order valence-corrected chi connectivity index (χ1v) is 4.82. The summed E-state index contributed by atoms with van der Waals surface area (Å²) in [6.07, 6.45) is 1.48. The maximum absolute atomic E-state index is 10.8. The smallest absolute Gasteiger partial charge is 0.296 e. The van der Waals surface area contributed by atoms with E-state index >= 15 is 0 Å². The molecule has 5 heteroatoms. The van der Waals surface area contributed by atoms with Gasteiger partial charge in [0.25, 0.3) is 0 Å². The number of aromatic amines is 1. The highest BCUT2D eigenvalue weighted by atomic mass is 35.5. The van der Waals surface area contributed by atoms with Gasteiger partial charge in [-0.05, 0) is 11.4 Å². The summed E-state index contributed by atoms with van der Waals surface area (Å²) in [5, 5.41) is 2.28. The Balaban J connectivity index is 2.60. The van der Waals surface area contributed by atoms with E-state index < -0.39 is 5.69 Å². The zero-order valence-corrected chi connectivity index (χ0v) is 8.02. The van der Waals surface area contributed by atoms with Crippen molar-refractivity contribution in [2.24, 2.45) is 0 Å². The van der Waals surface area contributed by atoms with Gasteiger partial charge in [-0.2, -0.15) is 0 Å². The molecule has 0 radical (unpaired) electrons. The van der Waals surface area contributed by atoms with Gasteiger partial charge in [0.05, 0.1) is 0 Å². The van der Waals surface area contributed by atoms with Gasteiger partial charge in [0.2, 0.25) is 0 Å². The number of nitrogens with zero attached hydrogens (tertiary/aromatic N) is 1. The molecule has 0 saturated carbocycles. The molecule has 1 N–H and O–H groups in total. The zero-order valence-electron chi connectivity index (χ0n) is 6.45. The minimum atomic E-state index is -0.426. The summed E-state index contributed by atoms with van der Waals surface area (Å²) in [6.45, 7) is 0. The number of aromatic nitrogens is 2. The van der Waals surface area contributed by atoms with Gasteiger partial charge in [-0.1, -0.05) is 17.7 Å². The van der Waals surface area contributed by atoms with Crippen LogP contribution < -0.4 is 5.69 Å². The molecule has 2 aromatic rings. The first-order chi connectivity index (χ1) is 6.27. The summed E-state index contributed by atoms with van der Waals surface area (Å²) < 4.78 is 0. The molecule has 3 nitrogen and oxygen atoms in total. The Morgan fingerprint density at radius 2 is 2.38 bits per heavy atom. The van der Waals surface area contributed by atoms with E-state index in [4.69, 9.17) is 11.6 Å². The fourth-order valence-corrected chi connectivity index (χ4v) is 2.01. The summed E-state index contributed by atoms with van der Waals surface area (Å²) >= 11 is 7.38. The van der Waals surface area contributed by atoms with Gasteiger partial charge in [-0.3, -0.25) is 4.98 Å². The molecule has 2 rings (SSSR count). The van der Waals surface area contributed by atoms with Crippen LogP contribution in [0.1, 0.15) is 0 Å². The van der Waals surface area contributed by atoms with Crippen molar-refractivity contribution in [2.45, 2.75) is 0 Å². The van der Waals surface area contributed by atoms with Crippen molar-refractivity contribution in [3.8, 4) is 10.4 Å². The van der Waals surface area contributed by atoms with Crippen molar-refractivity contribution < 1.29 is 0 Å².